The maximum Gasteiger partial charge on any atom is 0.117 e. The fourth-order valence-electron chi connectivity index (χ4n) is 1.39. The van der Waals surface area contributed by atoms with E-state index in [1.165, 1.54) is 5.56 Å². The van der Waals surface area contributed by atoms with Crippen LogP contribution in [0.5, 0.6) is 0 Å². The van der Waals surface area contributed by atoms with Crippen LogP contribution in [0.15, 0.2) is 30.3 Å². The van der Waals surface area contributed by atoms with Crippen molar-refractivity contribution in [2.24, 2.45) is 0 Å². The van der Waals surface area contributed by atoms with Crippen molar-refractivity contribution in [3.8, 4) is 11.3 Å². The molecule has 0 aliphatic heterocycles. The minimum absolute atomic E-state index is 1.05. The Balaban J connectivity index is 2.51. The number of anilines is 1. The molecule has 0 bridgehead atoms. The number of aryl methyl sites for hydroxylation is 1. The van der Waals surface area contributed by atoms with Crippen LogP contribution in [-0.4, -0.2) is 12.0 Å². The topological polar surface area (TPSA) is 24.9 Å². The zero-order valence-electron chi connectivity index (χ0n) is 8.24. The van der Waals surface area contributed by atoms with E-state index in [1.54, 1.807) is 11.3 Å². The van der Waals surface area contributed by atoms with E-state index in [9.17, 15) is 0 Å². The molecule has 14 heavy (non-hydrogen) atoms. The summed E-state index contributed by atoms with van der Waals surface area (Å²) in [6.45, 7) is 2.03. The summed E-state index contributed by atoms with van der Waals surface area (Å²) in [4.78, 5) is 4.51. The molecule has 1 heterocycles. The molecule has 0 aliphatic carbocycles. The summed E-state index contributed by atoms with van der Waals surface area (Å²) in [5, 5.41) is 5.39. The lowest BCUT2D eigenvalue weighted by molar-refractivity contribution is 1.29. The Labute approximate surface area is 87.6 Å². The van der Waals surface area contributed by atoms with Gasteiger partial charge in [-0.1, -0.05) is 30.3 Å². The van der Waals surface area contributed by atoms with E-state index in [-0.39, 0.29) is 0 Å². The van der Waals surface area contributed by atoms with Gasteiger partial charge in [0.25, 0.3) is 0 Å². The summed E-state index contributed by atoms with van der Waals surface area (Å²) in [5.41, 5.74) is 2.22. The van der Waals surface area contributed by atoms with E-state index < -0.39 is 0 Å². The Kier molecular flexibility index (Phi) is 2.50. The van der Waals surface area contributed by atoms with Crippen molar-refractivity contribution in [3.05, 3.63) is 35.3 Å². The number of thiazole rings is 1. The molecule has 0 atom stereocenters. The van der Waals surface area contributed by atoms with Gasteiger partial charge >= 0.3 is 0 Å². The SMILES string of the molecule is CNc1sc(C)nc1-c1ccccc1. The molecule has 0 unspecified atom stereocenters. The first-order chi connectivity index (χ1) is 6.81. The zero-order valence-corrected chi connectivity index (χ0v) is 9.06. The van der Waals surface area contributed by atoms with E-state index in [2.05, 4.69) is 22.4 Å². The number of benzene rings is 1. The molecule has 3 heteroatoms. The Morgan fingerprint density at radius 1 is 1.21 bits per heavy atom. The molecule has 0 radical (unpaired) electrons. The van der Waals surface area contributed by atoms with Gasteiger partial charge < -0.3 is 5.32 Å². The van der Waals surface area contributed by atoms with Crippen LogP contribution in [0.4, 0.5) is 5.00 Å². The highest BCUT2D eigenvalue weighted by Crippen LogP contribution is 2.31. The third kappa shape index (κ3) is 1.63. The fraction of sp³-hybridized carbons (Fsp3) is 0.182. The van der Waals surface area contributed by atoms with Crippen molar-refractivity contribution in [2.75, 3.05) is 12.4 Å². The predicted octanol–water partition coefficient (Wildman–Crippen LogP) is 3.16. The molecule has 72 valence electrons. The summed E-state index contributed by atoms with van der Waals surface area (Å²) in [6, 6.07) is 10.2. The van der Waals surface area contributed by atoms with Crippen molar-refractivity contribution in [2.45, 2.75) is 6.92 Å². The average molecular weight is 204 g/mol. The van der Waals surface area contributed by atoms with Gasteiger partial charge in [0.1, 0.15) is 10.7 Å². The van der Waals surface area contributed by atoms with E-state index in [1.807, 2.05) is 32.2 Å². The maximum absolute atomic E-state index is 4.51. The molecule has 0 fully saturated rings. The van der Waals surface area contributed by atoms with Crippen LogP contribution in [0.2, 0.25) is 0 Å². The van der Waals surface area contributed by atoms with Gasteiger partial charge in [0.15, 0.2) is 0 Å². The average Bonchev–Trinajstić information content (AvgIpc) is 2.61. The Morgan fingerprint density at radius 3 is 2.57 bits per heavy atom. The van der Waals surface area contributed by atoms with Crippen molar-refractivity contribution >= 4 is 16.3 Å². The smallest absolute Gasteiger partial charge is 0.117 e. The number of nitrogens with zero attached hydrogens (tertiary/aromatic N) is 1. The molecule has 2 nitrogen and oxygen atoms in total. The van der Waals surface area contributed by atoms with Gasteiger partial charge in [-0.05, 0) is 6.92 Å². The minimum Gasteiger partial charge on any atom is -0.378 e. The van der Waals surface area contributed by atoms with Gasteiger partial charge in [-0.3, -0.25) is 0 Å². The van der Waals surface area contributed by atoms with Crippen molar-refractivity contribution < 1.29 is 0 Å². The summed E-state index contributed by atoms with van der Waals surface area (Å²) in [6.07, 6.45) is 0. The van der Waals surface area contributed by atoms with E-state index in [0.717, 1.165) is 15.7 Å². The normalized spacial score (nSPS) is 10.1. The van der Waals surface area contributed by atoms with Crippen LogP contribution in [0.3, 0.4) is 0 Å². The standard InChI is InChI=1S/C11H12N2S/c1-8-13-10(11(12-2)14-8)9-6-4-3-5-7-9/h3-7,12H,1-2H3. The van der Waals surface area contributed by atoms with E-state index in [0.29, 0.717) is 0 Å². The molecular weight excluding hydrogens is 192 g/mol. The largest absolute Gasteiger partial charge is 0.378 e. The number of hydrogen-bond acceptors (Lipinski definition) is 3. The highest BCUT2D eigenvalue weighted by atomic mass is 32.1. The van der Waals surface area contributed by atoms with Crippen molar-refractivity contribution in [1.29, 1.82) is 0 Å². The lowest BCUT2D eigenvalue weighted by atomic mass is 10.2. The number of rotatable bonds is 2. The molecule has 0 saturated carbocycles. The number of aromatic nitrogens is 1. The summed E-state index contributed by atoms with van der Waals surface area (Å²) in [7, 11) is 1.93. The van der Waals surface area contributed by atoms with Crippen LogP contribution in [0.1, 0.15) is 5.01 Å². The first-order valence-electron chi connectivity index (χ1n) is 4.52. The van der Waals surface area contributed by atoms with Crippen LogP contribution in [-0.2, 0) is 0 Å². The molecule has 2 aromatic rings. The van der Waals surface area contributed by atoms with Gasteiger partial charge in [-0.15, -0.1) is 11.3 Å². The third-order valence-electron chi connectivity index (χ3n) is 2.01. The van der Waals surface area contributed by atoms with Crippen LogP contribution in [0.25, 0.3) is 11.3 Å². The minimum atomic E-state index is 1.05. The second kappa shape index (κ2) is 3.80. The molecule has 0 amide bonds. The predicted molar refractivity (Wildman–Crippen MR) is 61.8 cm³/mol. The first-order valence-corrected chi connectivity index (χ1v) is 5.33. The first kappa shape index (κ1) is 9.21. The monoisotopic (exact) mass is 204 g/mol. The van der Waals surface area contributed by atoms with Crippen LogP contribution < -0.4 is 5.32 Å². The van der Waals surface area contributed by atoms with Gasteiger partial charge in [0.05, 0.1) is 5.01 Å². The molecule has 1 aromatic heterocycles. The molecule has 0 saturated heterocycles. The molecule has 0 spiro atoms. The van der Waals surface area contributed by atoms with Gasteiger partial charge in [0.2, 0.25) is 0 Å². The van der Waals surface area contributed by atoms with Crippen LogP contribution >= 0.6 is 11.3 Å². The van der Waals surface area contributed by atoms with Crippen molar-refractivity contribution in [1.82, 2.24) is 4.98 Å². The van der Waals surface area contributed by atoms with Gasteiger partial charge in [-0.25, -0.2) is 4.98 Å². The third-order valence-corrected chi connectivity index (χ3v) is 3.00. The number of hydrogen-bond donors (Lipinski definition) is 1. The molecule has 0 aliphatic rings. The van der Waals surface area contributed by atoms with Gasteiger partial charge in [-0.2, -0.15) is 0 Å². The van der Waals surface area contributed by atoms with E-state index in [4.69, 9.17) is 0 Å². The lowest BCUT2D eigenvalue weighted by Gasteiger charge is -2.00. The Morgan fingerprint density at radius 2 is 1.93 bits per heavy atom. The summed E-state index contributed by atoms with van der Waals surface area (Å²) in [5.74, 6) is 0. The lowest BCUT2D eigenvalue weighted by Crippen LogP contribution is -1.87. The quantitative estimate of drug-likeness (QED) is 0.812. The highest BCUT2D eigenvalue weighted by molar-refractivity contribution is 7.16. The summed E-state index contributed by atoms with van der Waals surface area (Å²) >= 11 is 1.69. The molecule has 1 N–H and O–H groups in total. The highest BCUT2D eigenvalue weighted by Gasteiger charge is 2.08. The van der Waals surface area contributed by atoms with E-state index >= 15 is 0 Å². The zero-order chi connectivity index (χ0) is 9.97. The second-order valence-electron chi connectivity index (χ2n) is 3.03. The molecule has 1 aromatic carbocycles. The Bertz CT molecular complexity index is 420. The van der Waals surface area contributed by atoms with Crippen LogP contribution in [0, 0.1) is 6.92 Å². The number of nitrogens with one attached hydrogen (secondary N) is 1. The molecular formula is C11H12N2S. The molecule has 2 rings (SSSR count). The maximum atomic E-state index is 4.51. The van der Waals surface area contributed by atoms with Crippen molar-refractivity contribution in [3.63, 3.8) is 0 Å². The van der Waals surface area contributed by atoms with Gasteiger partial charge in [0, 0.05) is 12.6 Å². The second-order valence-corrected chi connectivity index (χ2v) is 4.23. The summed E-state index contributed by atoms with van der Waals surface area (Å²) < 4.78 is 0. The fourth-order valence-corrected chi connectivity index (χ4v) is 2.18. The Hall–Kier alpha value is -1.35.